The van der Waals surface area contributed by atoms with Gasteiger partial charge in [-0.2, -0.15) is 0 Å². The highest BCUT2D eigenvalue weighted by molar-refractivity contribution is 7.17. The minimum Gasteiger partial charge on any atom is -0.459 e. The number of thiazole rings is 1. The number of furan rings is 1. The quantitative estimate of drug-likeness (QED) is 0.773. The van der Waals surface area contributed by atoms with Crippen molar-refractivity contribution >= 4 is 42.1 Å². The molecular formula is C16H25Cl2N3O2S. The molecule has 0 unspecified atom stereocenters. The van der Waals surface area contributed by atoms with Crippen molar-refractivity contribution in [2.45, 2.75) is 46.1 Å². The number of amides is 1. The highest BCUT2D eigenvalue weighted by atomic mass is 35.5. The molecule has 0 aliphatic rings. The molecule has 3 N–H and O–H groups in total. The van der Waals surface area contributed by atoms with Gasteiger partial charge in [0, 0.05) is 12.1 Å². The Balaban J connectivity index is 0.00000264. The number of aromatic nitrogens is 1. The van der Waals surface area contributed by atoms with Gasteiger partial charge in [-0.1, -0.05) is 13.8 Å². The molecule has 0 radical (unpaired) electrons. The molecule has 0 aliphatic carbocycles. The molecule has 8 heteroatoms. The van der Waals surface area contributed by atoms with Crippen LogP contribution in [0.15, 0.2) is 16.5 Å². The summed E-state index contributed by atoms with van der Waals surface area (Å²) in [7, 11) is 0. The highest BCUT2D eigenvalue weighted by Gasteiger charge is 2.23. The Morgan fingerprint density at radius 2 is 1.92 bits per heavy atom. The Morgan fingerprint density at radius 3 is 2.42 bits per heavy atom. The van der Waals surface area contributed by atoms with Gasteiger partial charge in [0.15, 0.2) is 10.8 Å². The van der Waals surface area contributed by atoms with Crippen LogP contribution >= 0.6 is 36.2 Å². The van der Waals surface area contributed by atoms with Gasteiger partial charge in [0.25, 0.3) is 5.91 Å². The van der Waals surface area contributed by atoms with Crippen molar-refractivity contribution in [2.75, 3.05) is 6.54 Å². The average molecular weight is 394 g/mol. The monoisotopic (exact) mass is 393 g/mol. The molecule has 2 aromatic rings. The Kier molecular flexibility index (Phi) is 8.99. The summed E-state index contributed by atoms with van der Waals surface area (Å²) in [6.45, 7) is 8.25. The third-order valence-electron chi connectivity index (χ3n) is 3.96. The Labute approximate surface area is 159 Å². The first-order chi connectivity index (χ1) is 10.4. The van der Waals surface area contributed by atoms with Crippen LogP contribution in [0.2, 0.25) is 0 Å². The number of halogens is 2. The normalized spacial score (nSPS) is 10.7. The van der Waals surface area contributed by atoms with Gasteiger partial charge in [0.05, 0.1) is 5.69 Å². The van der Waals surface area contributed by atoms with Gasteiger partial charge < -0.3 is 15.5 Å². The second kappa shape index (κ2) is 9.42. The maximum atomic E-state index is 12.4. The van der Waals surface area contributed by atoms with E-state index in [9.17, 15) is 4.79 Å². The van der Waals surface area contributed by atoms with E-state index in [0.29, 0.717) is 22.9 Å². The molecule has 0 saturated heterocycles. The minimum atomic E-state index is -0.352. The van der Waals surface area contributed by atoms with Crippen LogP contribution in [0, 0.1) is 13.8 Å². The fourth-order valence-corrected chi connectivity index (χ4v) is 3.04. The van der Waals surface area contributed by atoms with E-state index in [-0.39, 0.29) is 36.3 Å². The van der Waals surface area contributed by atoms with Crippen LogP contribution in [-0.2, 0) is 0 Å². The molecule has 2 aromatic heterocycles. The molecule has 5 nitrogen and oxygen atoms in total. The molecule has 0 aromatic carbocycles. The molecule has 2 heterocycles. The van der Waals surface area contributed by atoms with Crippen molar-refractivity contribution in [2.24, 2.45) is 5.73 Å². The van der Waals surface area contributed by atoms with E-state index in [4.69, 9.17) is 10.2 Å². The van der Waals surface area contributed by atoms with Crippen molar-refractivity contribution in [3.05, 3.63) is 28.5 Å². The van der Waals surface area contributed by atoms with Crippen LogP contribution in [0.4, 0.5) is 0 Å². The summed E-state index contributed by atoms with van der Waals surface area (Å²) in [5.74, 6) is 1.40. The van der Waals surface area contributed by atoms with Crippen LogP contribution in [0.3, 0.4) is 0 Å². The van der Waals surface area contributed by atoms with E-state index < -0.39 is 0 Å². The van der Waals surface area contributed by atoms with Crippen LogP contribution < -0.4 is 11.1 Å². The number of aryl methyl sites for hydroxylation is 2. The molecule has 0 saturated carbocycles. The third-order valence-corrected chi connectivity index (χ3v) is 5.13. The van der Waals surface area contributed by atoms with E-state index in [1.807, 2.05) is 39.8 Å². The van der Waals surface area contributed by atoms with Crippen LogP contribution in [0.1, 0.15) is 47.8 Å². The molecular weight excluding hydrogens is 369 g/mol. The molecule has 2 rings (SSSR count). The fourth-order valence-electron chi connectivity index (χ4n) is 2.10. The van der Waals surface area contributed by atoms with E-state index in [1.165, 1.54) is 11.3 Å². The first-order valence-corrected chi connectivity index (χ1v) is 8.31. The van der Waals surface area contributed by atoms with Crippen molar-refractivity contribution in [3.8, 4) is 10.8 Å². The van der Waals surface area contributed by atoms with E-state index in [1.54, 1.807) is 0 Å². The van der Waals surface area contributed by atoms with Crippen molar-refractivity contribution in [1.82, 2.24) is 10.3 Å². The molecule has 0 spiro atoms. The van der Waals surface area contributed by atoms with Gasteiger partial charge in [0.2, 0.25) is 0 Å². The maximum absolute atomic E-state index is 12.4. The van der Waals surface area contributed by atoms with Gasteiger partial charge in [-0.05, 0) is 38.8 Å². The number of rotatable bonds is 6. The summed E-state index contributed by atoms with van der Waals surface area (Å²) in [5, 5.41) is 3.65. The van der Waals surface area contributed by atoms with Gasteiger partial charge in [-0.25, -0.2) is 4.98 Å². The van der Waals surface area contributed by atoms with Crippen LogP contribution in [0.5, 0.6) is 0 Å². The zero-order chi connectivity index (χ0) is 16.3. The lowest BCUT2D eigenvalue weighted by Crippen LogP contribution is -2.49. The Hall–Kier alpha value is -1.08. The molecule has 1 amide bonds. The SMILES string of the molecule is CCC(N)(CC)CNC(=O)c1sc(-c2ccc(C)o2)nc1C.Cl.Cl. The maximum Gasteiger partial charge on any atom is 0.263 e. The second-order valence-electron chi connectivity index (χ2n) is 5.60. The van der Waals surface area contributed by atoms with Gasteiger partial charge >= 0.3 is 0 Å². The first kappa shape index (κ1) is 22.9. The zero-order valence-corrected chi connectivity index (χ0v) is 16.8. The number of nitrogens with two attached hydrogens (primary N) is 1. The lowest BCUT2D eigenvalue weighted by molar-refractivity contribution is 0.0945. The predicted octanol–water partition coefficient (Wildman–Crippen LogP) is 4.11. The topological polar surface area (TPSA) is 81.1 Å². The second-order valence-corrected chi connectivity index (χ2v) is 6.60. The number of hydrogen-bond donors (Lipinski definition) is 2. The largest absolute Gasteiger partial charge is 0.459 e. The number of carbonyl (C=O) groups excluding carboxylic acids is 1. The lowest BCUT2D eigenvalue weighted by atomic mass is 9.94. The summed E-state index contributed by atoms with van der Waals surface area (Å²) in [4.78, 5) is 17.4. The number of nitrogens with one attached hydrogen (secondary N) is 1. The smallest absolute Gasteiger partial charge is 0.263 e. The van der Waals surface area contributed by atoms with E-state index in [2.05, 4.69) is 10.3 Å². The van der Waals surface area contributed by atoms with Gasteiger partial charge in [-0.3, -0.25) is 4.79 Å². The first-order valence-electron chi connectivity index (χ1n) is 7.50. The molecule has 0 aliphatic heterocycles. The highest BCUT2D eigenvalue weighted by Crippen LogP contribution is 2.29. The summed E-state index contributed by atoms with van der Waals surface area (Å²) in [6.07, 6.45) is 1.64. The lowest BCUT2D eigenvalue weighted by Gasteiger charge is -2.26. The predicted molar refractivity (Wildman–Crippen MR) is 104 cm³/mol. The number of hydrogen-bond acceptors (Lipinski definition) is 5. The van der Waals surface area contributed by atoms with Crippen LogP contribution in [-0.4, -0.2) is 23.0 Å². The number of nitrogens with zero attached hydrogens (tertiary/aromatic N) is 1. The van der Waals surface area contributed by atoms with Gasteiger partial charge in [0.1, 0.15) is 10.6 Å². The zero-order valence-electron chi connectivity index (χ0n) is 14.3. The standard InChI is InChI=1S/C16H23N3O2S.2ClH/c1-5-16(17,6-2)9-18-14(20)13-11(4)19-15(22-13)12-8-7-10(3)21-12;;/h7-8H,5-6,9,17H2,1-4H3,(H,18,20);2*1H. The average Bonchev–Trinajstić information content (AvgIpc) is 3.10. The Bertz CT molecular complexity index is 666. The van der Waals surface area contributed by atoms with E-state index in [0.717, 1.165) is 23.6 Å². The molecule has 24 heavy (non-hydrogen) atoms. The third kappa shape index (κ3) is 5.21. The fraction of sp³-hybridized carbons (Fsp3) is 0.500. The Morgan fingerprint density at radius 1 is 1.29 bits per heavy atom. The van der Waals surface area contributed by atoms with Crippen molar-refractivity contribution in [3.63, 3.8) is 0 Å². The molecule has 0 bridgehead atoms. The van der Waals surface area contributed by atoms with Gasteiger partial charge in [-0.15, -0.1) is 36.2 Å². The summed E-state index contributed by atoms with van der Waals surface area (Å²) in [6, 6.07) is 3.76. The van der Waals surface area contributed by atoms with Crippen molar-refractivity contribution in [1.29, 1.82) is 0 Å². The summed E-state index contributed by atoms with van der Waals surface area (Å²) < 4.78 is 5.56. The summed E-state index contributed by atoms with van der Waals surface area (Å²) >= 11 is 1.34. The number of carbonyl (C=O) groups is 1. The van der Waals surface area contributed by atoms with E-state index >= 15 is 0 Å². The minimum absolute atomic E-state index is 0. The summed E-state index contributed by atoms with van der Waals surface area (Å²) in [5.41, 5.74) is 6.58. The van der Waals surface area contributed by atoms with Crippen molar-refractivity contribution < 1.29 is 9.21 Å². The molecule has 136 valence electrons. The molecule has 0 fully saturated rings. The molecule has 0 atom stereocenters. The van der Waals surface area contributed by atoms with Crippen LogP contribution in [0.25, 0.3) is 10.8 Å².